The molecule has 3 heteroatoms. The molecule has 0 amide bonds. The summed E-state index contributed by atoms with van der Waals surface area (Å²) in [5.41, 5.74) is 5.96. The maximum absolute atomic E-state index is 5.76. The van der Waals surface area contributed by atoms with E-state index in [1.807, 2.05) is 13.2 Å². The molecule has 0 aromatic carbocycles. The average Bonchev–Trinajstić information content (AvgIpc) is 1.84. The number of rotatable bonds is 4. The van der Waals surface area contributed by atoms with Gasteiger partial charge in [-0.2, -0.15) is 0 Å². The van der Waals surface area contributed by atoms with Crippen molar-refractivity contribution in [3.63, 3.8) is 0 Å². The fourth-order valence-electron chi connectivity index (χ4n) is 0.419. The van der Waals surface area contributed by atoms with Crippen molar-refractivity contribution in [2.75, 3.05) is 12.8 Å². The molecule has 0 rings (SSSR count). The van der Waals surface area contributed by atoms with E-state index in [4.69, 9.17) is 5.73 Å². The Morgan fingerprint density at radius 3 is 2.40 bits per heavy atom. The van der Waals surface area contributed by atoms with Crippen molar-refractivity contribution in [2.24, 2.45) is 11.1 Å². The second-order valence-corrected chi connectivity index (χ2v) is 4.00. The fraction of sp³-hybridized carbons (Fsp3) is 1.00. The van der Waals surface area contributed by atoms with Crippen LogP contribution < -0.4 is 10.5 Å². The van der Waals surface area contributed by atoms with Crippen LogP contribution in [0.5, 0.6) is 0 Å². The number of hydrogen-bond donors (Lipinski definition) is 2. The van der Waals surface area contributed by atoms with Gasteiger partial charge in [0.05, 0.1) is 0 Å². The van der Waals surface area contributed by atoms with Crippen LogP contribution in [0.15, 0.2) is 0 Å². The topological polar surface area (TPSA) is 38.0 Å². The summed E-state index contributed by atoms with van der Waals surface area (Å²) >= 11 is 1.64. The van der Waals surface area contributed by atoms with E-state index >= 15 is 0 Å². The van der Waals surface area contributed by atoms with Crippen molar-refractivity contribution in [2.45, 2.75) is 26.8 Å². The molecule has 2 nitrogen and oxygen atoms in total. The first-order chi connectivity index (χ1) is 4.50. The third-order valence-corrected chi connectivity index (χ3v) is 2.34. The van der Waals surface area contributed by atoms with E-state index in [0.29, 0.717) is 0 Å². The molecule has 0 saturated carbocycles. The standard InChI is InChI=1S/C7H18N2S/c1-6(8)7(2,3)5-9-10-4/h6,9H,5,8H2,1-4H3/t6-/m1/s1. The predicted molar refractivity (Wildman–Crippen MR) is 48.9 cm³/mol. The molecule has 3 N–H and O–H groups in total. The summed E-state index contributed by atoms with van der Waals surface area (Å²) < 4.78 is 3.21. The SMILES string of the molecule is CSNCC(C)(C)[C@@H](C)N. The van der Waals surface area contributed by atoms with Gasteiger partial charge in [0.1, 0.15) is 0 Å². The largest absolute Gasteiger partial charge is 0.327 e. The van der Waals surface area contributed by atoms with Gasteiger partial charge in [-0.1, -0.05) is 25.8 Å². The minimum atomic E-state index is 0.197. The van der Waals surface area contributed by atoms with Crippen LogP contribution in [0.3, 0.4) is 0 Å². The summed E-state index contributed by atoms with van der Waals surface area (Å²) in [4.78, 5) is 0. The molecule has 0 heterocycles. The molecule has 0 unspecified atom stereocenters. The van der Waals surface area contributed by atoms with E-state index in [-0.39, 0.29) is 11.5 Å². The van der Waals surface area contributed by atoms with E-state index in [1.54, 1.807) is 11.9 Å². The lowest BCUT2D eigenvalue weighted by molar-refractivity contribution is 0.305. The first kappa shape index (κ1) is 10.3. The highest BCUT2D eigenvalue weighted by Gasteiger charge is 2.21. The summed E-state index contributed by atoms with van der Waals surface area (Å²) in [5.74, 6) is 0. The molecular weight excluding hydrogens is 144 g/mol. The van der Waals surface area contributed by atoms with Gasteiger partial charge in [0.2, 0.25) is 0 Å². The van der Waals surface area contributed by atoms with Crippen LogP contribution in [0.25, 0.3) is 0 Å². The highest BCUT2D eigenvalue weighted by atomic mass is 32.2. The summed E-state index contributed by atoms with van der Waals surface area (Å²) in [6.07, 6.45) is 2.03. The van der Waals surface area contributed by atoms with E-state index in [1.165, 1.54) is 0 Å². The summed E-state index contributed by atoms with van der Waals surface area (Å²) in [7, 11) is 0. The van der Waals surface area contributed by atoms with Crippen LogP contribution in [0.1, 0.15) is 20.8 Å². The maximum atomic E-state index is 5.76. The number of nitrogens with two attached hydrogens (primary N) is 1. The molecule has 62 valence electrons. The van der Waals surface area contributed by atoms with Gasteiger partial charge in [-0.25, -0.2) is 0 Å². The summed E-state index contributed by atoms with van der Waals surface area (Å²) in [6.45, 7) is 7.34. The van der Waals surface area contributed by atoms with Crippen LogP contribution in [0.4, 0.5) is 0 Å². The molecule has 0 bridgehead atoms. The molecule has 0 aromatic rings. The minimum Gasteiger partial charge on any atom is -0.327 e. The molecular formula is C7H18N2S. The Labute approximate surface area is 68.1 Å². The van der Waals surface area contributed by atoms with Gasteiger partial charge in [-0.3, -0.25) is 4.72 Å². The highest BCUT2D eigenvalue weighted by Crippen LogP contribution is 2.17. The van der Waals surface area contributed by atoms with E-state index in [9.17, 15) is 0 Å². The molecule has 0 radical (unpaired) electrons. The molecule has 0 fully saturated rings. The summed E-state index contributed by atoms with van der Waals surface area (Å²) in [5, 5.41) is 0. The smallest absolute Gasteiger partial charge is 0.0124 e. The van der Waals surface area contributed by atoms with Crippen LogP contribution in [-0.2, 0) is 0 Å². The fourth-order valence-corrected chi connectivity index (χ4v) is 0.936. The van der Waals surface area contributed by atoms with Gasteiger partial charge >= 0.3 is 0 Å². The van der Waals surface area contributed by atoms with Gasteiger partial charge in [0.25, 0.3) is 0 Å². The van der Waals surface area contributed by atoms with Gasteiger partial charge < -0.3 is 5.73 Å². The Balaban J connectivity index is 3.63. The van der Waals surface area contributed by atoms with Crippen LogP contribution in [-0.4, -0.2) is 18.8 Å². The Kier molecular flexibility index (Phi) is 4.32. The first-order valence-electron chi connectivity index (χ1n) is 3.52. The Bertz CT molecular complexity index is 91.6. The van der Waals surface area contributed by atoms with Crippen molar-refractivity contribution in [1.29, 1.82) is 0 Å². The zero-order valence-electron chi connectivity index (χ0n) is 7.27. The molecule has 10 heavy (non-hydrogen) atoms. The van der Waals surface area contributed by atoms with Crippen LogP contribution in [0, 0.1) is 5.41 Å². The van der Waals surface area contributed by atoms with Crippen molar-refractivity contribution < 1.29 is 0 Å². The van der Waals surface area contributed by atoms with Crippen molar-refractivity contribution in [1.82, 2.24) is 4.72 Å². The van der Waals surface area contributed by atoms with E-state index in [2.05, 4.69) is 18.6 Å². The zero-order chi connectivity index (χ0) is 8.20. The average molecular weight is 162 g/mol. The molecule has 0 saturated heterocycles. The quantitative estimate of drug-likeness (QED) is 0.611. The van der Waals surface area contributed by atoms with E-state index in [0.717, 1.165) is 6.54 Å². The Morgan fingerprint density at radius 1 is 1.60 bits per heavy atom. The highest BCUT2D eigenvalue weighted by molar-refractivity contribution is 7.96. The van der Waals surface area contributed by atoms with Gasteiger partial charge in [0, 0.05) is 12.6 Å². The van der Waals surface area contributed by atoms with Crippen LogP contribution in [0.2, 0.25) is 0 Å². The molecule has 0 aliphatic heterocycles. The van der Waals surface area contributed by atoms with E-state index < -0.39 is 0 Å². The minimum absolute atomic E-state index is 0.197. The molecule has 1 atom stereocenters. The Hall–Kier alpha value is 0.270. The van der Waals surface area contributed by atoms with Gasteiger partial charge in [-0.05, 0) is 18.6 Å². The second-order valence-electron chi connectivity index (χ2n) is 3.30. The third kappa shape index (κ3) is 3.44. The molecule has 0 aliphatic rings. The van der Waals surface area contributed by atoms with Gasteiger partial charge in [-0.15, -0.1) is 0 Å². The zero-order valence-corrected chi connectivity index (χ0v) is 8.09. The normalized spacial score (nSPS) is 15.3. The second kappa shape index (κ2) is 4.21. The van der Waals surface area contributed by atoms with Crippen molar-refractivity contribution >= 4 is 11.9 Å². The van der Waals surface area contributed by atoms with Gasteiger partial charge in [0.15, 0.2) is 0 Å². The molecule has 0 spiro atoms. The first-order valence-corrected chi connectivity index (χ1v) is 4.74. The number of hydrogen-bond acceptors (Lipinski definition) is 3. The molecule has 0 aromatic heterocycles. The monoisotopic (exact) mass is 162 g/mol. The lowest BCUT2D eigenvalue weighted by Gasteiger charge is -2.28. The molecule has 0 aliphatic carbocycles. The number of nitrogens with one attached hydrogen (secondary N) is 1. The lowest BCUT2D eigenvalue weighted by atomic mass is 9.86. The summed E-state index contributed by atoms with van der Waals surface area (Å²) in [6, 6.07) is 0.243. The maximum Gasteiger partial charge on any atom is 0.0124 e. The predicted octanol–water partition coefficient (Wildman–Crippen LogP) is 1.23. The van der Waals surface area contributed by atoms with Crippen molar-refractivity contribution in [3.8, 4) is 0 Å². The lowest BCUT2D eigenvalue weighted by Crippen LogP contribution is -2.40. The van der Waals surface area contributed by atoms with Crippen molar-refractivity contribution in [3.05, 3.63) is 0 Å². The third-order valence-electron chi connectivity index (χ3n) is 1.90. The van der Waals surface area contributed by atoms with Crippen LogP contribution >= 0.6 is 11.9 Å². The Morgan fingerprint density at radius 2 is 2.10 bits per heavy atom.